The number of benzene rings is 1. The summed E-state index contributed by atoms with van der Waals surface area (Å²) in [5.74, 6) is 0.802. The summed E-state index contributed by atoms with van der Waals surface area (Å²) < 4.78 is 0. The number of hydrogen-bond donors (Lipinski definition) is 0. The largest absolute Gasteiger partial charge is 0.352 e. The summed E-state index contributed by atoms with van der Waals surface area (Å²) in [6, 6.07) is 13.7. The number of halogens is 1. The first-order valence-corrected chi connectivity index (χ1v) is 6.65. The molecule has 5 heteroatoms. The second-order valence-corrected chi connectivity index (χ2v) is 4.90. The quantitative estimate of drug-likeness (QED) is 0.740. The standard InChI is InChI=1S/C15H13ClN4/c1-20(10-11-6-4-5-9-17-11)15-13-8-3-2-7-12(13)14(16)18-19-15/h2-9H,10H2,1H3. The summed E-state index contributed by atoms with van der Waals surface area (Å²) in [6.45, 7) is 0.668. The SMILES string of the molecule is CN(Cc1ccccn1)c1nnc(Cl)c2ccccc12. The molecule has 0 amide bonds. The molecular formula is C15H13ClN4. The molecule has 0 radical (unpaired) electrons. The molecule has 0 spiro atoms. The van der Waals surface area contributed by atoms with Crippen LogP contribution in [0.1, 0.15) is 5.69 Å². The summed E-state index contributed by atoms with van der Waals surface area (Å²) in [4.78, 5) is 6.35. The molecule has 3 rings (SSSR count). The average Bonchev–Trinajstić information content (AvgIpc) is 2.49. The molecule has 0 aliphatic carbocycles. The van der Waals surface area contributed by atoms with Gasteiger partial charge in [-0.05, 0) is 12.1 Å². The molecule has 0 fully saturated rings. The first kappa shape index (κ1) is 12.8. The lowest BCUT2D eigenvalue weighted by atomic mass is 10.2. The van der Waals surface area contributed by atoms with Crippen molar-refractivity contribution in [2.24, 2.45) is 0 Å². The Kier molecular flexibility index (Phi) is 3.48. The Hall–Kier alpha value is -2.20. The highest BCUT2D eigenvalue weighted by Crippen LogP contribution is 2.27. The van der Waals surface area contributed by atoms with Crippen molar-refractivity contribution in [1.82, 2.24) is 15.2 Å². The predicted molar refractivity (Wildman–Crippen MR) is 80.9 cm³/mol. The molecule has 0 aliphatic heterocycles. The minimum absolute atomic E-state index is 0.426. The van der Waals surface area contributed by atoms with E-state index in [1.54, 1.807) is 6.20 Å². The van der Waals surface area contributed by atoms with Gasteiger partial charge < -0.3 is 4.90 Å². The molecular weight excluding hydrogens is 272 g/mol. The number of rotatable bonds is 3. The first-order chi connectivity index (χ1) is 9.75. The second kappa shape index (κ2) is 5.43. The van der Waals surface area contributed by atoms with Crippen LogP contribution in [0.15, 0.2) is 48.7 Å². The zero-order valence-corrected chi connectivity index (χ0v) is 11.7. The van der Waals surface area contributed by atoms with E-state index in [-0.39, 0.29) is 0 Å². The van der Waals surface area contributed by atoms with E-state index in [0.29, 0.717) is 11.7 Å². The lowest BCUT2D eigenvalue weighted by Crippen LogP contribution is -2.19. The van der Waals surface area contributed by atoms with E-state index in [1.165, 1.54) is 0 Å². The van der Waals surface area contributed by atoms with Gasteiger partial charge >= 0.3 is 0 Å². The van der Waals surface area contributed by atoms with Gasteiger partial charge in [-0.1, -0.05) is 41.9 Å². The summed E-state index contributed by atoms with van der Waals surface area (Å²) in [7, 11) is 1.97. The van der Waals surface area contributed by atoms with E-state index in [2.05, 4.69) is 15.2 Å². The maximum Gasteiger partial charge on any atom is 0.159 e. The normalized spacial score (nSPS) is 10.7. The smallest absolute Gasteiger partial charge is 0.159 e. The van der Waals surface area contributed by atoms with Crippen molar-refractivity contribution < 1.29 is 0 Å². The van der Waals surface area contributed by atoms with Crippen molar-refractivity contribution in [3.63, 3.8) is 0 Å². The average molecular weight is 285 g/mol. The highest BCUT2D eigenvalue weighted by atomic mass is 35.5. The third-order valence-corrected chi connectivity index (χ3v) is 3.39. The molecule has 4 nitrogen and oxygen atoms in total. The van der Waals surface area contributed by atoms with Crippen LogP contribution in [0.2, 0.25) is 5.15 Å². The van der Waals surface area contributed by atoms with Gasteiger partial charge in [-0.15, -0.1) is 10.2 Å². The fourth-order valence-electron chi connectivity index (χ4n) is 2.15. The van der Waals surface area contributed by atoms with E-state index in [0.717, 1.165) is 22.3 Å². The summed E-state index contributed by atoms with van der Waals surface area (Å²) in [5.41, 5.74) is 0.982. The Balaban J connectivity index is 2.00. The molecule has 100 valence electrons. The fourth-order valence-corrected chi connectivity index (χ4v) is 2.35. The maximum atomic E-state index is 6.09. The van der Waals surface area contributed by atoms with E-state index in [1.807, 2.05) is 54.4 Å². The van der Waals surface area contributed by atoms with E-state index < -0.39 is 0 Å². The number of anilines is 1. The van der Waals surface area contributed by atoms with Crippen LogP contribution in [0.3, 0.4) is 0 Å². The van der Waals surface area contributed by atoms with E-state index in [9.17, 15) is 0 Å². The van der Waals surface area contributed by atoms with Gasteiger partial charge in [-0.25, -0.2) is 0 Å². The molecule has 0 aliphatic rings. The zero-order chi connectivity index (χ0) is 13.9. The van der Waals surface area contributed by atoms with Gasteiger partial charge in [0.25, 0.3) is 0 Å². The van der Waals surface area contributed by atoms with Crippen LogP contribution in [0.25, 0.3) is 10.8 Å². The van der Waals surface area contributed by atoms with Crippen LogP contribution in [-0.2, 0) is 6.54 Å². The van der Waals surface area contributed by atoms with Crippen LogP contribution in [0.4, 0.5) is 5.82 Å². The van der Waals surface area contributed by atoms with Crippen LogP contribution in [0, 0.1) is 0 Å². The van der Waals surface area contributed by atoms with Crippen LogP contribution >= 0.6 is 11.6 Å². The molecule has 0 atom stereocenters. The van der Waals surface area contributed by atoms with Gasteiger partial charge in [0.05, 0.1) is 12.2 Å². The molecule has 0 saturated heterocycles. The Labute approximate surface area is 122 Å². The highest BCUT2D eigenvalue weighted by molar-refractivity contribution is 6.34. The Bertz CT molecular complexity index is 730. The van der Waals surface area contributed by atoms with E-state index >= 15 is 0 Å². The maximum absolute atomic E-state index is 6.09. The van der Waals surface area contributed by atoms with Crippen LogP contribution in [-0.4, -0.2) is 22.2 Å². The lowest BCUT2D eigenvalue weighted by molar-refractivity contribution is 0.851. The summed E-state index contributed by atoms with van der Waals surface area (Å²) in [5, 5.41) is 10.6. The Morgan fingerprint density at radius 3 is 2.50 bits per heavy atom. The summed E-state index contributed by atoms with van der Waals surface area (Å²) >= 11 is 6.09. The first-order valence-electron chi connectivity index (χ1n) is 6.27. The minimum atomic E-state index is 0.426. The third kappa shape index (κ3) is 2.42. The lowest BCUT2D eigenvalue weighted by Gasteiger charge is -2.19. The Morgan fingerprint density at radius 1 is 1.00 bits per heavy atom. The van der Waals surface area contributed by atoms with Gasteiger partial charge in [-0.2, -0.15) is 0 Å². The number of aromatic nitrogens is 3. The van der Waals surface area contributed by atoms with Crippen molar-refractivity contribution in [2.45, 2.75) is 6.54 Å². The van der Waals surface area contributed by atoms with Gasteiger partial charge in [0.1, 0.15) is 0 Å². The second-order valence-electron chi connectivity index (χ2n) is 4.54. The zero-order valence-electron chi connectivity index (χ0n) is 11.0. The summed E-state index contributed by atoms with van der Waals surface area (Å²) in [6.07, 6.45) is 1.79. The number of pyridine rings is 1. The third-order valence-electron chi connectivity index (χ3n) is 3.11. The molecule has 3 aromatic rings. The van der Waals surface area contributed by atoms with Crippen molar-refractivity contribution in [2.75, 3.05) is 11.9 Å². The van der Waals surface area contributed by atoms with Crippen LogP contribution < -0.4 is 4.90 Å². The Morgan fingerprint density at radius 2 is 1.75 bits per heavy atom. The van der Waals surface area contributed by atoms with Gasteiger partial charge in [0.15, 0.2) is 11.0 Å². The molecule has 1 aromatic carbocycles. The topological polar surface area (TPSA) is 41.9 Å². The fraction of sp³-hybridized carbons (Fsp3) is 0.133. The monoisotopic (exact) mass is 284 g/mol. The van der Waals surface area contributed by atoms with Crippen LogP contribution in [0.5, 0.6) is 0 Å². The number of nitrogens with zero attached hydrogens (tertiary/aromatic N) is 4. The molecule has 0 unspecified atom stereocenters. The number of hydrogen-bond acceptors (Lipinski definition) is 4. The molecule has 0 bridgehead atoms. The van der Waals surface area contributed by atoms with Gasteiger partial charge in [-0.3, -0.25) is 4.98 Å². The van der Waals surface area contributed by atoms with Crippen molar-refractivity contribution in [3.05, 3.63) is 59.5 Å². The van der Waals surface area contributed by atoms with Crippen molar-refractivity contribution in [1.29, 1.82) is 0 Å². The highest BCUT2D eigenvalue weighted by Gasteiger charge is 2.11. The number of fused-ring (bicyclic) bond motifs is 1. The molecule has 20 heavy (non-hydrogen) atoms. The molecule has 0 N–H and O–H groups in total. The van der Waals surface area contributed by atoms with Crippen molar-refractivity contribution >= 4 is 28.2 Å². The molecule has 2 aromatic heterocycles. The van der Waals surface area contributed by atoms with Crippen molar-refractivity contribution in [3.8, 4) is 0 Å². The van der Waals surface area contributed by atoms with Gasteiger partial charge in [0, 0.05) is 24.0 Å². The van der Waals surface area contributed by atoms with Gasteiger partial charge in [0.2, 0.25) is 0 Å². The predicted octanol–water partition coefficient (Wildman–Crippen LogP) is 3.31. The van der Waals surface area contributed by atoms with E-state index in [4.69, 9.17) is 11.6 Å². The molecule has 0 saturated carbocycles. The molecule has 2 heterocycles. The minimum Gasteiger partial charge on any atom is -0.352 e.